The summed E-state index contributed by atoms with van der Waals surface area (Å²) >= 11 is 0. The predicted molar refractivity (Wildman–Crippen MR) is 50.4 cm³/mol. The van der Waals surface area contributed by atoms with E-state index in [9.17, 15) is 0 Å². The van der Waals surface area contributed by atoms with E-state index in [1.54, 1.807) is 0 Å². The van der Waals surface area contributed by atoms with Gasteiger partial charge in [0.2, 0.25) is 0 Å². The highest BCUT2D eigenvalue weighted by molar-refractivity contribution is 4.86. The van der Waals surface area contributed by atoms with Gasteiger partial charge in [-0.2, -0.15) is 0 Å². The van der Waals surface area contributed by atoms with Gasteiger partial charge in [0.15, 0.2) is 0 Å². The van der Waals surface area contributed by atoms with Crippen LogP contribution in [0.3, 0.4) is 0 Å². The summed E-state index contributed by atoms with van der Waals surface area (Å²) in [5.41, 5.74) is 0. The van der Waals surface area contributed by atoms with Crippen molar-refractivity contribution in [3.8, 4) is 0 Å². The fraction of sp³-hybridized carbons (Fsp3) is 1.00. The van der Waals surface area contributed by atoms with E-state index in [4.69, 9.17) is 5.84 Å². The molecule has 2 heteroatoms. The molecule has 0 aromatic carbocycles. The molecule has 2 N–H and O–H groups in total. The van der Waals surface area contributed by atoms with Gasteiger partial charge in [-0.1, -0.05) is 19.8 Å². The summed E-state index contributed by atoms with van der Waals surface area (Å²) in [6.45, 7) is 3.44. The SMILES string of the molecule is CC1CC2CCCCC2N(N)C1. The minimum atomic E-state index is 0.718. The fourth-order valence-corrected chi connectivity index (χ4v) is 2.99. The summed E-state index contributed by atoms with van der Waals surface area (Å²) < 4.78 is 0. The van der Waals surface area contributed by atoms with Crippen LogP contribution in [-0.4, -0.2) is 17.6 Å². The molecule has 2 nitrogen and oxygen atoms in total. The minimum Gasteiger partial charge on any atom is -0.269 e. The van der Waals surface area contributed by atoms with E-state index in [0.717, 1.165) is 24.4 Å². The van der Waals surface area contributed by atoms with Crippen LogP contribution in [0.25, 0.3) is 0 Å². The number of rotatable bonds is 0. The van der Waals surface area contributed by atoms with Gasteiger partial charge >= 0.3 is 0 Å². The van der Waals surface area contributed by atoms with E-state index >= 15 is 0 Å². The molecule has 1 heterocycles. The largest absolute Gasteiger partial charge is 0.269 e. The Morgan fingerprint density at radius 3 is 2.83 bits per heavy atom. The maximum atomic E-state index is 6.01. The average molecular weight is 168 g/mol. The topological polar surface area (TPSA) is 29.3 Å². The first kappa shape index (κ1) is 8.52. The highest BCUT2D eigenvalue weighted by Gasteiger charge is 2.34. The third kappa shape index (κ3) is 1.50. The molecule has 3 atom stereocenters. The molecular weight excluding hydrogens is 148 g/mol. The monoisotopic (exact) mass is 168 g/mol. The number of hydrazine groups is 1. The van der Waals surface area contributed by atoms with Crippen molar-refractivity contribution in [3.05, 3.63) is 0 Å². The van der Waals surface area contributed by atoms with Gasteiger partial charge in [0.05, 0.1) is 0 Å². The minimum absolute atomic E-state index is 0.718. The van der Waals surface area contributed by atoms with E-state index in [1.165, 1.54) is 32.1 Å². The molecule has 2 rings (SSSR count). The lowest BCUT2D eigenvalue weighted by atomic mass is 9.76. The lowest BCUT2D eigenvalue weighted by Crippen LogP contribution is -2.52. The Morgan fingerprint density at radius 1 is 1.25 bits per heavy atom. The van der Waals surface area contributed by atoms with Crippen molar-refractivity contribution in [3.63, 3.8) is 0 Å². The third-order valence-electron chi connectivity index (χ3n) is 3.52. The van der Waals surface area contributed by atoms with Gasteiger partial charge in [-0.25, -0.2) is 5.01 Å². The van der Waals surface area contributed by atoms with Crippen molar-refractivity contribution >= 4 is 0 Å². The first-order chi connectivity index (χ1) is 5.77. The van der Waals surface area contributed by atoms with Gasteiger partial charge < -0.3 is 0 Å². The summed E-state index contributed by atoms with van der Waals surface area (Å²) in [4.78, 5) is 0. The van der Waals surface area contributed by atoms with E-state index < -0.39 is 0 Å². The highest BCUT2D eigenvalue weighted by atomic mass is 15.4. The zero-order valence-electron chi connectivity index (χ0n) is 8.00. The number of hydrogen-bond donors (Lipinski definition) is 1. The molecular formula is C10H20N2. The second-order valence-electron chi connectivity index (χ2n) is 4.65. The van der Waals surface area contributed by atoms with Gasteiger partial charge in [0, 0.05) is 12.6 Å². The molecule has 0 bridgehead atoms. The number of hydrogen-bond acceptors (Lipinski definition) is 2. The average Bonchev–Trinajstić information content (AvgIpc) is 2.04. The quantitative estimate of drug-likeness (QED) is 0.558. The van der Waals surface area contributed by atoms with Crippen LogP contribution < -0.4 is 5.84 Å². The van der Waals surface area contributed by atoms with Crippen LogP contribution >= 0.6 is 0 Å². The molecule has 2 aliphatic rings. The van der Waals surface area contributed by atoms with Crippen LogP contribution in [-0.2, 0) is 0 Å². The van der Waals surface area contributed by atoms with E-state index in [2.05, 4.69) is 11.9 Å². The van der Waals surface area contributed by atoms with Gasteiger partial charge in [-0.15, -0.1) is 0 Å². The molecule has 3 unspecified atom stereocenters. The van der Waals surface area contributed by atoms with Crippen molar-refractivity contribution in [1.82, 2.24) is 5.01 Å². The summed E-state index contributed by atoms with van der Waals surface area (Å²) in [7, 11) is 0. The van der Waals surface area contributed by atoms with Crippen LogP contribution in [0.5, 0.6) is 0 Å². The molecule has 12 heavy (non-hydrogen) atoms. The smallest absolute Gasteiger partial charge is 0.0269 e. The number of fused-ring (bicyclic) bond motifs is 1. The van der Waals surface area contributed by atoms with Crippen LogP contribution in [0.2, 0.25) is 0 Å². The number of nitrogens with two attached hydrogens (primary N) is 1. The second-order valence-corrected chi connectivity index (χ2v) is 4.65. The number of nitrogens with zero attached hydrogens (tertiary/aromatic N) is 1. The molecule has 0 aromatic rings. The summed E-state index contributed by atoms with van der Waals surface area (Å²) in [6.07, 6.45) is 7.00. The Bertz CT molecular complexity index is 158. The van der Waals surface area contributed by atoms with E-state index in [0.29, 0.717) is 0 Å². The van der Waals surface area contributed by atoms with Crippen molar-refractivity contribution in [2.75, 3.05) is 6.54 Å². The summed E-state index contributed by atoms with van der Waals surface area (Å²) in [5, 5.41) is 2.11. The highest BCUT2D eigenvalue weighted by Crippen LogP contribution is 2.35. The zero-order valence-corrected chi connectivity index (χ0v) is 8.00. The molecule has 0 aromatic heterocycles. The first-order valence-corrected chi connectivity index (χ1v) is 5.28. The number of piperidine rings is 1. The maximum absolute atomic E-state index is 6.01. The van der Waals surface area contributed by atoms with Crippen LogP contribution in [0.4, 0.5) is 0 Å². The lowest BCUT2D eigenvalue weighted by molar-refractivity contribution is 0.0334. The van der Waals surface area contributed by atoms with Crippen molar-refractivity contribution < 1.29 is 0 Å². The Morgan fingerprint density at radius 2 is 2.00 bits per heavy atom. The first-order valence-electron chi connectivity index (χ1n) is 5.28. The Balaban J connectivity index is 2.01. The zero-order chi connectivity index (χ0) is 8.55. The summed E-state index contributed by atoms with van der Waals surface area (Å²) in [6, 6.07) is 0.718. The van der Waals surface area contributed by atoms with Gasteiger partial charge in [0.25, 0.3) is 0 Å². The van der Waals surface area contributed by atoms with Crippen molar-refractivity contribution in [2.24, 2.45) is 17.7 Å². The molecule has 2 fully saturated rings. The van der Waals surface area contributed by atoms with Crippen molar-refractivity contribution in [2.45, 2.75) is 45.1 Å². The molecule has 0 amide bonds. The fourth-order valence-electron chi connectivity index (χ4n) is 2.99. The predicted octanol–water partition coefficient (Wildman–Crippen LogP) is 1.76. The lowest BCUT2D eigenvalue weighted by Gasteiger charge is -2.44. The normalized spacial score (nSPS) is 44.0. The molecule has 70 valence electrons. The van der Waals surface area contributed by atoms with Gasteiger partial charge in [-0.3, -0.25) is 5.84 Å². The van der Waals surface area contributed by atoms with Crippen LogP contribution in [0.1, 0.15) is 39.0 Å². The van der Waals surface area contributed by atoms with Crippen LogP contribution in [0.15, 0.2) is 0 Å². The van der Waals surface area contributed by atoms with E-state index in [-0.39, 0.29) is 0 Å². The Kier molecular flexibility index (Phi) is 2.37. The third-order valence-corrected chi connectivity index (χ3v) is 3.52. The molecule has 1 saturated carbocycles. The summed E-state index contributed by atoms with van der Waals surface area (Å²) in [5.74, 6) is 7.74. The van der Waals surface area contributed by atoms with Crippen LogP contribution in [0, 0.1) is 11.8 Å². The second kappa shape index (κ2) is 3.35. The molecule has 0 radical (unpaired) electrons. The van der Waals surface area contributed by atoms with Gasteiger partial charge in [0.1, 0.15) is 0 Å². The molecule has 1 aliphatic carbocycles. The van der Waals surface area contributed by atoms with E-state index in [1.807, 2.05) is 0 Å². The van der Waals surface area contributed by atoms with Gasteiger partial charge in [-0.05, 0) is 31.1 Å². The van der Waals surface area contributed by atoms with Crippen molar-refractivity contribution in [1.29, 1.82) is 0 Å². The molecule has 0 spiro atoms. The Hall–Kier alpha value is -0.0800. The standard InChI is InChI=1S/C10H20N2/c1-8-6-9-4-2-3-5-10(9)12(11)7-8/h8-10H,2-7,11H2,1H3. The Labute approximate surface area is 75.1 Å². The molecule has 1 aliphatic heterocycles. The maximum Gasteiger partial charge on any atom is 0.0269 e. The molecule has 1 saturated heterocycles.